The second-order valence-electron chi connectivity index (χ2n) is 6.22. The third-order valence-corrected chi connectivity index (χ3v) is 5.22. The van der Waals surface area contributed by atoms with E-state index in [1.165, 1.54) is 0 Å². The lowest BCUT2D eigenvalue weighted by Gasteiger charge is -2.21. The number of thiazole rings is 1. The van der Waals surface area contributed by atoms with Crippen LogP contribution in [0.25, 0.3) is 11.6 Å². The van der Waals surface area contributed by atoms with Gasteiger partial charge in [-0.3, -0.25) is 10.1 Å². The van der Waals surface area contributed by atoms with E-state index in [0.717, 1.165) is 22.5 Å². The summed E-state index contributed by atoms with van der Waals surface area (Å²) >= 11 is 1.61. The fraction of sp³-hybridized carbons (Fsp3) is 0.444. The van der Waals surface area contributed by atoms with Crippen LogP contribution in [0.2, 0.25) is 0 Å². The number of hydrogen-bond acceptors (Lipinski definition) is 7. The van der Waals surface area contributed by atoms with Crippen LogP contribution < -0.4 is 5.32 Å². The highest BCUT2D eigenvalue weighted by Gasteiger charge is 2.13. The Kier molecular flexibility index (Phi) is 9.04. The standard InChI is InChI=1S/C18H25N7O2S.HI/c1-12(26-4)17-21-13(11-28-17)10-25(3)18(19-2)20-8-7-15-22-16(24-23-15)14-6-5-9-27-14;/h5-6,9,11-12H,7-8,10H2,1-4H3,(H,19,20)(H,22,23,24);1H. The number of aromatic nitrogens is 4. The van der Waals surface area contributed by atoms with Crippen LogP contribution in [0.1, 0.15) is 29.6 Å². The van der Waals surface area contributed by atoms with Gasteiger partial charge in [-0.1, -0.05) is 0 Å². The van der Waals surface area contributed by atoms with E-state index >= 15 is 0 Å². The molecule has 0 bridgehead atoms. The van der Waals surface area contributed by atoms with Gasteiger partial charge >= 0.3 is 0 Å². The zero-order valence-corrected chi connectivity index (χ0v) is 20.0. The number of aromatic amines is 1. The Morgan fingerprint density at radius 2 is 2.28 bits per heavy atom. The van der Waals surface area contributed by atoms with Crippen LogP contribution in [-0.2, 0) is 17.7 Å². The second kappa shape index (κ2) is 11.3. The Morgan fingerprint density at radius 1 is 1.45 bits per heavy atom. The minimum Gasteiger partial charge on any atom is -0.461 e. The fourth-order valence-corrected chi connectivity index (χ4v) is 3.44. The number of nitrogens with one attached hydrogen (secondary N) is 2. The van der Waals surface area contributed by atoms with Crippen molar-refractivity contribution in [3.05, 3.63) is 40.3 Å². The van der Waals surface area contributed by atoms with Crippen LogP contribution in [0.15, 0.2) is 33.2 Å². The average Bonchev–Trinajstić information content (AvgIpc) is 3.45. The van der Waals surface area contributed by atoms with E-state index in [1.54, 1.807) is 31.8 Å². The number of methoxy groups -OCH3 is 1. The molecule has 11 heteroatoms. The van der Waals surface area contributed by atoms with Crippen LogP contribution in [0.4, 0.5) is 0 Å². The monoisotopic (exact) mass is 531 g/mol. The molecule has 0 aliphatic carbocycles. The molecule has 1 atom stereocenters. The van der Waals surface area contributed by atoms with Crippen LogP contribution in [0.5, 0.6) is 0 Å². The van der Waals surface area contributed by atoms with E-state index in [9.17, 15) is 0 Å². The lowest BCUT2D eigenvalue weighted by Crippen LogP contribution is -2.39. The van der Waals surface area contributed by atoms with Crippen molar-refractivity contribution in [2.75, 3.05) is 27.7 Å². The molecule has 0 radical (unpaired) electrons. The molecule has 9 nitrogen and oxygen atoms in total. The first-order valence-corrected chi connectivity index (χ1v) is 9.82. The molecule has 158 valence electrons. The summed E-state index contributed by atoms with van der Waals surface area (Å²) in [5.41, 5.74) is 0.993. The minimum absolute atomic E-state index is 0. The van der Waals surface area contributed by atoms with Gasteiger partial charge in [0.05, 0.1) is 18.5 Å². The van der Waals surface area contributed by atoms with Crippen molar-refractivity contribution in [2.45, 2.75) is 26.0 Å². The molecule has 0 aliphatic heterocycles. The number of nitrogens with zero attached hydrogens (tertiary/aromatic N) is 5. The molecule has 3 rings (SSSR count). The van der Waals surface area contributed by atoms with Crippen LogP contribution >= 0.6 is 35.3 Å². The Morgan fingerprint density at radius 3 is 2.97 bits per heavy atom. The maximum atomic E-state index is 5.32. The molecule has 29 heavy (non-hydrogen) atoms. The van der Waals surface area contributed by atoms with E-state index in [2.05, 4.69) is 35.9 Å². The molecule has 2 N–H and O–H groups in total. The Hall–Kier alpha value is -1.99. The van der Waals surface area contributed by atoms with Crippen LogP contribution in [-0.4, -0.2) is 58.8 Å². The van der Waals surface area contributed by atoms with E-state index in [-0.39, 0.29) is 30.1 Å². The Bertz CT molecular complexity index is 894. The van der Waals surface area contributed by atoms with Crippen molar-refractivity contribution >= 4 is 41.3 Å². The summed E-state index contributed by atoms with van der Waals surface area (Å²) in [6.45, 7) is 3.33. The van der Waals surface area contributed by atoms with Gasteiger partial charge in [0.2, 0.25) is 5.82 Å². The number of halogens is 1. The summed E-state index contributed by atoms with van der Waals surface area (Å²) in [6.07, 6.45) is 2.30. The number of aliphatic imine (C=N–C) groups is 1. The molecular weight excluding hydrogens is 505 g/mol. The van der Waals surface area contributed by atoms with E-state index < -0.39 is 0 Å². The van der Waals surface area contributed by atoms with Gasteiger partial charge in [-0.05, 0) is 19.1 Å². The van der Waals surface area contributed by atoms with Crippen molar-refractivity contribution in [1.29, 1.82) is 0 Å². The zero-order chi connectivity index (χ0) is 19.9. The van der Waals surface area contributed by atoms with Crippen molar-refractivity contribution in [3.63, 3.8) is 0 Å². The van der Waals surface area contributed by atoms with Gasteiger partial charge in [0, 0.05) is 39.6 Å². The Labute approximate surface area is 191 Å². The number of furan rings is 1. The number of H-pyrrole nitrogens is 1. The zero-order valence-electron chi connectivity index (χ0n) is 16.9. The molecule has 3 heterocycles. The first-order valence-electron chi connectivity index (χ1n) is 8.94. The summed E-state index contributed by atoms with van der Waals surface area (Å²) in [5, 5.41) is 13.5. The second-order valence-corrected chi connectivity index (χ2v) is 7.11. The first-order chi connectivity index (χ1) is 13.6. The van der Waals surface area contributed by atoms with Gasteiger partial charge in [-0.15, -0.1) is 35.3 Å². The van der Waals surface area contributed by atoms with Gasteiger partial charge in [0.1, 0.15) is 16.9 Å². The number of ether oxygens (including phenoxy) is 1. The predicted molar refractivity (Wildman–Crippen MR) is 124 cm³/mol. The molecule has 0 fully saturated rings. The molecule has 0 saturated heterocycles. The van der Waals surface area contributed by atoms with Crippen LogP contribution in [0, 0.1) is 0 Å². The molecule has 0 amide bonds. The van der Waals surface area contributed by atoms with Crippen molar-refractivity contribution < 1.29 is 9.15 Å². The molecule has 1 unspecified atom stereocenters. The largest absolute Gasteiger partial charge is 0.461 e. The summed E-state index contributed by atoms with van der Waals surface area (Å²) < 4.78 is 10.6. The smallest absolute Gasteiger partial charge is 0.216 e. The van der Waals surface area contributed by atoms with Gasteiger partial charge < -0.3 is 19.4 Å². The molecule has 0 aromatic carbocycles. The van der Waals surface area contributed by atoms with Crippen molar-refractivity contribution in [3.8, 4) is 11.6 Å². The minimum atomic E-state index is 0. The lowest BCUT2D eigenvalue weighted by atomic mass is 10.4. The number of guanidine groups is 1. The molecule has 0 saturated carbocycles. The van der Waals surface area contributed by atoms with Gasteiger partial charge in [0.15, 0.2) is 11.7 Å². The van der Waals surface area contributed by atoms with Crippen molar-refractivity contribution in [1.82, 2.24) is 30.4 Å². The van der Waals surface area contributed by atoms with Crippen molar-refractivity contribution in [2.24, 2.45) is 4.99 Å². The summed E-state index contributed by atoms with van der Waals surface area (Å²) in [7, 11) is 5.44. The third kappa shape index (κ3) is 6.24. The summed E-state index contributed by atoms with van der Waals surface area (Å²) in [4.78, 5) is 15.4. The van der Waals surface area contributed by atoms with Gasteiger partial charge in [0.25, 0.3) is 0 Å². The molecular formula is C18H26IN7O2S. The highest BCUT2D eigenvalue weighted by molar-refractivity contribution is 14.0. The number of hydrogen-bond donors (Lipinski definition) is 2. The Balaban J connectivity index is 0.00000300. The quantitative estimate of drug-likeness (QED) is 0.262. The topological polar surface area (TPSA) is 104 Å². The van der Waals surface area contributed by atoms with Crippen LogP contribution in [0.3, 0.4) is 0 Å². The fourth-order valence-electron chi connectivity index (χ4n) is 2.60. The van der Waals surface area contributed by atoms with Gasteiger partial charge in [-0.2, -0.15) is 5.10 Å². The van der Waals surface area contributed by atoms with E-state index in [1.807, 2.05) is 31.0 Å². The third-order valence-electron chi connectivity index (χ3n) is 4.16. The van der Waals surface area contributed by atoms with E-state index in [0.29, 0.717) is 31.1 Å². The summed E-state index contributed by atoms with van der Waals surface area (Å²) in [5.74, 6) is 2.79. The highest BCUT2D eigenvalue weighted by atomic mass is 127. The average molecular weight is 531 g/mol. The maximum Gasteiger partial charge on any atom is 0.216 e. The predicted octanol–water partition coefficient (Wildman–Crippen LogP) is 3.10. The molecule has 0 spiro atoms. The SMILES string of the molecule is CN=C(NCCc1nc(-c2ccco2)n[nH]1)N(C)Cc1csc(C(C)OC)n1.I. The lowest BCUT2D eigenvalue weighted by molar-refractivity contribution is 0.119. The van der Waals surface area contributed by atoms with E-state index in [4.69, 9.17) is 9.15 Å². The first kappa shape index (κ1) is 23.3. The number of rotatable bonds is 8. The maximum absolute atomic E-state index is 5.32. The molecule has 3 aromatic heterocycles. The summed E-state index contributed by atoms with van der Waals surface area (Å²) in [6, 6.07) is 3.65. The molecule has 0 aliphatic rings. The normalized spacial score (nSPS) is 12.5. The molecule has 3 aromatic rings. The van der Waals surface area contributed by atoms with Gasteiger partial charge in [-0.25, -0.2) is 9.97 Å². The highest BCUT2D eigenvalue weighted by Crippen LogP contribution is 2.21.